The van der Waals surface area contributed by atoms with Crippen LogP contribution in [-0.4, -0.2) is 13.0 Å². The third kappa shape index (κ3) is 2.92. The fourth-order valence-corrected chi connectivity index (χ4v) is 3.20. The highest BCUT2D eigenvalue weighted by Gasteiger charge is 2.24. The first-order valence-electron chi connectivity index (χ1n) is 6.82. The molecule has 0 bridgehead atoms. The van der Waals surface area contributed by atoms with Gasteiger partial charge in [0.1, 0.15) is 0 Å². The van der Waals surface area contributed by atoms with E-state index in [0.29, 0.717) is 12.8 Å². The molecule has 4 heteroatoms. The van der Waals surface area contributed by atoms with Crippen LogP contribution >= 0.6 is 23.2 Å². The minimum Gasteiger partial charge on any atom is -0.315 e. The maximum atomic E-state index is 11.7. The number of rotatable bonds is 3. The lowest BCUT2D eigenvalue weighted by atomic mass is 10.0. The molecule has 0 radical (unpaired) electrons. The van der Waals surface area contributed by atoms with Gasteiger partial charge in [-0.2, -0.15) is 0 Å². The lowest BCUT2D eigenvalue weighted by Crippen LogP contribution is -2.20. The van der Waals surface area contributed by atoms with Gasteiger partial charge < -0.3 is 4.90 Å². The number of anilines is 1. The van der Waals surface area contributed by atoms with Gasteiger partial charge in [0.15, 0.2) is 0 Å². The maximum absolute atomic E-state index is 11.7. The van der Waals surface area contributed by atoms with Crippen LogP contribution in [0.15, 0.2) is 42.5 Å². The molecule has 0 aliphatic carbocycles. The Morgan fingerprint density at radius 2 is 2.05 bits per heavy atom. The normalized spacial score (nSPS) is 15.2. The molecule has 1 heterocycles. The Balaban J connectivity index is 1.81. The standard InChI is InChI=1S/C17H15Cl2NO/c1-20-16-6-5-12(9-13(16)10-17(20)21)15(19)8-11-3-2-4-14(18)7-11/h2-7,9,15H,8,10H2,1H3. The summed E-state index contributed by atoms with van der Waals surface area (Å²) in [6.45, 7) is 0. The molecule has 0 spiro atoms. The van der Waals surface area contributed by atoms with E-state index >= 15 is 0 Å². The van der Waals surface area contributed by atoms with Crippen molar-refractivity contribution in [2.75, 3.05) is 11.9 Å². The molecule has 0 aromatic heterocycles. The van der Waals surface area contributed by atoms with Crippen LogP contribution in [0.1, 0.15) is 22.1 Å². The van der Waals surface area contributed by atoms with Crippen molar-refractivity contribution in [3.63, 3.8) is 0 Å². The van der Waals surface area contributed by atoms with Gasteiger partial charge in [0.25, 0.3) is 0 Å². The molecule has 2 aromatic carbocycles. The zero-order chi connectivity index (χ0) is 15.0. The summed E-state index contributed by atoms with van der Waals surface area (Å²) in [5.41, 5.74) is 4.18. The summed E-state index contributed by atoms with van der Waals surface area (Å²) in [6.07, 6.45) is 1.17. The van der Waals surface area contributed by atoms with Gasteiger partial charge in [0.2, 0.25) is 5.91 Å². The third-order valence-electron chi connectivity index (χ3n) is 3.85. The fraction of sp³-hybridized carbons (Fsp3) is 0.235. The molecule has 0 saturated carbocycles. The highest BCUT2D eigenvalue weighted by Crippen LogP contribution is 2.33. The van der Waals surface area contributed by atoms with Crippen LogP contribution in [0.25, 0.3) is 0 Å². The quantitative estimate of drug-likeness (QED) is 0.769. The minimum absolute atomic E-state index is 0.128. The Hall–Kier alpha value is -1.51. The third-order valence-corrected chi connectivity index (χ3v) is 4.49. The van der Waals surface area contributed by atoms with Crippen LogP contribution in [-0.2, 0) is 17.6 Å². The van der Waals surface area contributed by atoms with E-state index in [0.717, 1.165) is 27.4 Å². The molecule has 2 aromatic rings. The van der Waals surface area contributed by atoms with E-state index in [1.54, 1.807) is 11.9 Å². The number of halogens is 2. The molecule has 1 unspecified atom stereocenters. The van der Waals surface area contributed by atoms with Crippen LogP contribution < -0.4 is 4.90 Å². The molecule has 3 rings (SSSR count). The smallest absolute Gasteiger partial charge is 0.231 e. The molecule has 108 valence electrons. The maximum Gasteiger partial charge on any atom is 0.231 e. The molecule has 0 saturated heterocycles. The monoisotopic (exact) mass is 319 g/mol. The first-order valence-corrected chi connectivity index (χ1v) is 7.64. The summed E-state index contributed by atoms with van der Waals surface area (Å²) >= 11 is 12.5. The van der Waals surface area contributed by atoms with Gasteiger partial charge >= 0.3 is 0 Å². The molecule has 0 fully saturated rings. The van der Waals surface area contributed by atoms with Crippen molar-refractivity contribution >= 4 is 34.8 Å². The Bertz CT molecular complexity index is 699. The zero-order valence-electron chi connectivity index (χ0n) is 11.6. The largest absolute Gasteiger partial charge is 0.315 e. The summed E-state index contributed by atoms with van der Waals surface area (Å²) in [5, 5.41) is 0.590. The molecule has 0 N–H and O–H groups in total. The summed E-state index contributed by atoms with van der Waals surface area (Å²) < 4.78 is 0. The highest BCUT2D eigenvalue weighted by molar-refractivity contribution is 6.30. The number of carbonyl (C=O) groups is 1. The lowest BCUT2D eigenvalue weighted by Gasteiger charge is -2.14. The van der Waals surface area contributed by atoms with Gasteiger partial charge in [-0.3, -0.25) is 4.79 Å². The van der Waals surface area contributed by atoms with E-state index < -0.39 is 0 Å². The van der Waals surface area contributed by atoms with E-state index in [1.165, 1.54) is 0 Å². The Morgan fingerprint density at radius 1 is 1.24 bits per heavy atom. The minimum atomic E-state index is -0.130. The summed E-state index contributed by atoms with van der Waals surface area (Å²) in [7, 11) is 1.80. The van der Waals surface area contributed by atoms with Gasteiger partial charge in [0.05, 0.1) is 11.8 Å². The number of benzene rings is 2. The first kappa shape index (κ1) is 14.4. The number of carbonyl (C=O) groups excluding carboxylic acids is 1. The van der Waals surface area contributed by atoms with Crippen molar-refractivity contribution in [3.05, 3.63) is 64.2 Å². The van der Waals surface area contributed by atoms with E-state index in [1.807, 2.05) is 42.5 Å². The molecule has 1 aliphatic heterocycles. The van der Waals surface area contributed by atoms with E-state index in [2.05, 4.69) is 0 Å². The Morgan fingerprint density at radius 3 is 2.81 bits per heavy atom. The number of fused-ring (bicyclic) bond motifs is 1. The predicted molar refractivity (Wildman–Crippen MR) is 87.3 cm³/mol. The Kier molecular flexibility index (Phi) is 3.92. The van der Waals surface area contributed by atoms with Crippen molar-refractivity contribution < 1.29 is 4.79 Å². The summed E-state index contributed by atoms with van der Waals surface area (Å²) in [5.74, 6) is 0.128. The average Bonchev–Trinajstić information content (AvgIpc) is 2.73. The van der Waals surface area contributed by atoms with E-state index in [9.17, 15) is 4.79 Å². The summed E-state index contributed by atoms with van der Waals surface area (Å²) in [6, 6.07) is 13.7. The molecule has 21 heavy (non-hydrogen) atoms. The van der Waals surface area contributed by atoms with Gasteiger partial charge in [-0.05, 0) is 41.3 Å². The molecular formula is C17H15Cl2NO. The highest BCUT2D eigenvalue weighted by atomic mass is 35.5. The first-order chi connectivity index (χ1) is 10.0. The number of hydrogen-bond donors (Lipinski definition) is 0. The second-order valence-corrected chi connectivity index (χ2v) is 6.28. The van der Waals surface area contributed by atoms with Gasteiger partial charge in [0, 0.05) is 17.8 Å². The fourth-order valence-electron chi connectivity index (χ4n) is 2.67. The van der Waals surface area contributed by atoms with E-state index in [-0.39, 0.29) is 11.3 Å². The topological polar surface area (TPSA) is 20.3 Å². The van der Waals surface area contributed by atoms with Crippen LogP contribution in [0.5, 0.6) is 0 Å². The SMILES string of the molecule is CN1C(=O)Cc2cc(C(Cl)Cc3cccc(Cl)c3)ccc21. The molecule has 1 amide bonds. The summed E-state index contributed by atoms with van der Waals surface area (Å²) in [4.78, 5) is 13.4. The van der Waals surface area contributed by atoms with Crippen molar-refractivity contribution in [2.45, 2.75) is 18.2 Å². The lowest BCUT2D eigenvalue weighted by molar-refractivity contribution is -0.117. The second-order valence-electron chi connectivity index (χ2n) is 5.32. The van der Waals surface area contributed by atoms with Gasteiger partial charge in [-0.15, -0.1) is 11.6 Å². The molecule has 2 nitrogen and oxygen atoms in total. The number of likely N-dealkylation sites (N-methyl/N-ethyl adjacent to an activating group) is 1. The number of nitrogens with zero attached hydrogens (tertiary/aromatic N) is 1. The van der Waals surface area contributed by atoms with Gasteiger partial charge in [-0.1, -0.05) is 35.9 Å². The van der Waals surface area contributed by atoms with Crippen molar-refractivity contribution in [2.24, 2.45) is 0 Å². The van der Waals surface area contributed by atoms with Crippen molar-refractivity contribution in [1.29, 1.82) is 0 Å². The van der Waals surface area contributed by atoms with Crippen LogP contribution in [0.4, 0.5) is 5.69 Å². The number of amides is 1. The molecule has 1 atom stereocenters. The van der Waals surface area contributed by atoms with Gasteiger partial charge in [-0.25, -0.2) is 0 Å². The molecular weight excluding hydrogens is 305 g/mol. The van der Waals surface area contributed by atoms with Crippen molar-refractivity contribution in [3.8, 4) is 0 Å². The average molecular weight is 320 g/mol. The predicted octanol–water partition coefficient (Wildman–Crippen LogP) is 4.38. The van der Waals surface area contributed by atoms with E-state index in [4.69, 9.17) is 23.2 Å². The van der Waals surface area contributed by atoms with Crippen LogP contribution in [0, 0.1) is 0 Å². The van der Waals surface area contributed by atoms with Crippen LogP contribution in [0.2, 0.25) is 5.02 Å². The van der Waals surface area contributed by atoms with Crippen LogP contribution in [0.3, 0.4) is 0 Å². The van der Waals surface area contributed by atoms with Crippen molar-refractivity contribution in [1.82, 2.24) is 0 Å². The Labute approximate surface area is 134 Å². The second kappa shape index (κ2) is 5.70. The molecule has 1 aliphatic rings. The zero-order valence-corrected chi connectivity index (χ0v) is 13.2. The number of alkyl halides is 1. The number of hydrogen-bond acceptors (Lipinski definition) is 1.